The number of hydrogen-bond donors (Lipinski definition) is 10. The van der Waals surface area contributed by atoms with Crippen molar-refractivity contribution in [1.82, 2.24) is 0 Å². The number of aliphatic carboxylic acids is 3. The van der Waals surface area contributed by atoms with Gasteiger partial charge < -0.3 is 127 Å². The highest BCUT2D eigenvalue weighted by Crippen LogP contribution is 2.34. The van der Waals surface area contributed by atoms with Crippen LogP contribution in [-0.2, 0) is 119 Å². The van der Waals surface area contributed by atoms with Crippen LogP contribution in [0.15, 0.2) is 110 Å². The Morgan fingerprint density at radius 1 is 0.250 bits per heavy atom. The number of carboxylic acids is 3. The molecule has 92 heavy (non-hydrogen) atoms. The van der Waals surface area contributed by atoms with Gasteiger partial charge in [0.25, 0.3) is 0 Å². The minimum atomic E-state index is -1.27. The first-order chi connectivity index (χ1) is 43.7. The highest BCUT2D eigenvalue weighted by atomic mass is 16.7. The molecule has 35 heteroatoms. The number of fused-ring (bicyclic) bond motifs is 5. The molecule has 0 bridgehead atoms. The predicted molar refractivity (Wildman–Crippen MR) is 294 cm³/mol. The van der Waals surface area contributed by atoms with E-state index in [0.717, 1.165) is 54.7 Å². The molecule has 10 fully saturated rings. The van der Waals surface area contributed by atoms with Crippen molar-refractivity contribution in [2.75, 3.05) is 66.1 Å². The highest BCUT2D eigenvalue weighted by Gasteiger charge is 2.53. The molecule has 10 aliphatic rings. The van der Waals surface area contributed by atoms with Crippen molar-refractivity contribution < 1.29 is 170 Å². The van der Waals surface area contributed by atoms with Gasteiger partial charge in [-0.15, -0.1) is 0 Å². The lowest BCUT2D eigenvalue weighted by atomic mass is 10.1. The third kappa shape index (κ3) is 22.0. The maximum atomic E-state index is 11.6. The molecule has 0 aromatic rings. The van der Waals surface area contributed by atoms with Crippen molar-refractivity contribution in [1.29, 1.82) is 0 Å². The lowest BCUT2D eigenvalue weighted by Crippen LogP contribution is -2.35. The van der Waals surface area contributed by atoms with Crippen LogP contribution in [0.1, 0.15) is 0 Å². The van der Waals surface area contributed by atoms with Crippen LogP contribution in [0.5, 0.6) is 0 Å². The molecule has 10 aliphatic heterocycles. The van der Waals surface area contributed by atoms with E-state index < -0.39 is 176 Å². The number of allylic oxidation sites excluding steroid dienone is 3. The largest absolute Gasteiger partial charge is 0.509 e. The number of ether oxygens (including phenoxy) is 16. The fraction of sp³-hybridized carbons (Fsp3) is 0.526. The Balaban J connectivity index is 0.000000184. The molecule has 0 aliphatic carbocycles. The third-order valence-corrected chi connectivity index (χ3v) is 13.8. The van der Waals surface area contributed by atoms with Gasteiger partial charge in [0.2, 0.25) is 0 Å². The second kappa shape index (κ2) is 35.0. The van der Waals surface area contributed by atoms with Gasteiger partial charge in [-0.3, -0.25) is 0 Å². The first kappa shape index (κ1) is 72.8. The number of carbonyl (C=O) groups excluding carboxylic acids is 6. The number of aliphatic hydroxyl groups is 7. The average molecular weight is 1310 g/mol. The second-order valence-corrected chi connectivity index (χ2v) is 20.6. The van der Waals surface area contributed by atoms with E-state index >= 15 is 0 Å². The minimum Gasteiger partial charge on any atom is -0.509 e. The van der Waals surface area contributed by atoms with E-state index in [9.17, 15) is 63.6 Å². The zero-order valence-electron chi connectivity index (χ0n) is 48.3. The van der Waals surface area contributed by atoms with E-state index in [1.165, 1.54) is 0 Å². The van der Waals surface area contributed by atoms with Gasteiger partial charge in [-0.2, -0.15) is 0 Å². The lowest BCUT2D eigenvalue weighted by molar-refractivity contribution is -0.150. The van der Waals surface area contributed by atoms with Crippen LogP contribution in [0, 0.1) is 0 Å². The van der Waals surface area contributed by atoms with Crippen LogP contribution in [0.2, 0.25) is 0 Å². The van der Waals surface area contributed by atoms with E-state index in [-0.39, 0.29) is 83.3 Å². The first-order valence-corrected chi connectivity index (χ1v) is 27.7. The molecule has 10 rings (SSSR count). The number of rotatable bonds is 18. The maximum Gasteiger partial charge on any atom is 0.331 e. The van der Waals surface area contributed by atoms with Gasteiger partial charge in [-0.05, 0) is 18.2 Å². The number of hydrogen-bond acceptors (Lipinski definition) is 32. The summed E-state index contributed by atoms with van der Waals surface area (Å²) in [4.78, 5) is 98.9. The summed E-state index contributed by atoms with van der Waals surface area (Å²) in [5.41, 5.74) is 0. The Morgan fingerprint density at radius 3 is 0.576 bits per heavy atom. The first-order valence-electron chi connectivity index (χ1n) is 27.7. The fourth-order valence-corrected chi connectivity index (χ4v) is 9.85. The summed E-state index contributed by atoms with van der Waals surface area (Å²) in [6.07, 6.45) is -0.241. The van der Waals surface area contributed by atoms with Gasteiger partial charge in [0, 0.05) is 54.7 Å². The summed E-state index contributed by atoms with van der Waals surface area (Å²) in [7, 11) is 0. The van der Waals surface area contributed by atoms with Crippen LogP contribution in [-0.4, -0.2) is 293 Å². The van der Waals surface area contributed by atoms with Crippen molar-refractivity contribution in [3.05, 3.63) is 110 Å². The van der Waals surface area contributed by atoms with Crippen LogP contribution >= 0.6 is 0 Å². The van der Waals surface area contributed by atoms with Gasteiger partial charge in [0.15, 0.2) is 36.6 Å². The summed E-state index contributed by atoms with van der Waals surface area (Å²) in [5, 5.41) is 89.4. The summed E-state index contributed by atoms with van der Waals surface area (Å²) in [5.74, 6) is -8.76. The van der Waals surface area contributed by atoms with Crippen molar-refractivity contribution in [3.8, 4) is 0 Å². The van der Waals surface area contributed by atoms with Crippen LogP contribution in [0.25, 0.3) is 0 Å². The van der Waals surface area contributed by atoms with Gasteiger partial charge in [0.05, 0.1) is 66.1 Å². The standard InChI is InChI=1S/C15H16O9.2C11H14O6.2C10H12O7/c1-8(16)2-4-12(19)23-9-6-21-15-10(7-22-14(9)15)24-13(20)5-3-11(17)18;2*1-6(12)2-3-9(14)17-8-5-16-10-7(13)4-15-11(8)10;2*11-5-3-15-10-6(4-16-9(5)10)17-8(14)2-1-7(12)13/h2-5,9-10,14-16H,1,6-7H2,(H,17,18);2*2-3,7-8,10-13H,1,4-5H2;2*1-2,5-6,9-11H,3-4H2,(H,12,13)/b4-2-,5-3+;2*3-2-;2*2-1+/t9-,10-,14+,15+;7-,8-,10+,11+;7-,8-,10-,11-;5-,6-,9+,10+;5-,6-,9-,10-/m00101/s1. The number of carbonyl (C=O) groups is 9. The van der Waals surface area contributed by atoms with E-state index in [2.05, 4.69) is 19.7 Å². The summed E-state index contributed by atoms with van der Waals surface area (Å²) in [6, 6.07) is 0. The average Bonchev–Trinajstić information content (AvgIpc) is 1.74. The normalized spacial score (nSPS) is 34.2. The molecule has 0 spiro atoms. The molecule has 0 aromatic heterocycles. The Morgan fingerprint density at radius 2 is 0.402 bits per heavy atom. The molecule has 0 unspecified atom stereocenters. The minimum absolute atomic E-state index is 0.0410. The van der Waals surface area contributed by atoms with E-state index in [1.807, 2.05) is 0 Å². The van der Waals surface area contributed by atoms with Gasteiger partial charge in [-0.1, -0.05) is 19.7 Å². The number of esters is 6. The van der Waals surface area contributed by atoms with Crippen LogP contribution < -0.4 is 0 Å². The molecule has 0 saturated carbocycles. The molecule has 0 radical (unpaired) electrons. The Kier molecular flexibility index (Phi) is 27.7. The molecule has 10 N–H and O–H groups in total. The highest BCUT2D eigenvalue weighted by molar-refractivity contribution is 5.92. The molecule has 506 valence electrons. The lowest BCUT2D eigenvalue weighted by Gasteiger charge is -2.16. The van der Waals surface area contributed by atoms with Crippen molar-refractivity contribution in [2.45, 2.75) is 122 Å². The monoisotopic (exact) mass is 1310 g/mol. The molecule has 0 amide bonds. The molecule has 10 heterocycles. The SMILES string of the molecule is C=C(O)/C=C\C(=O)O[C@@H]1CO[C@H]2[C@@H]1OC[C@H]2O.C=C(O)/C=C\C(=O)O[C@H]1CO[C@H]2[C@@H]1OC[C@@H]2O.C=C(O)/C=C\C(=O)O[C@H]1CO[C@H]2[C@@H]1OC[C@@H]2OC(=O)/C=C/C(=O)O.O=C(O)/C=C/C(=O)O[C@@H]1CO[C@H]2[C@@H]1OC[C@H]2O.O=C(O)/C=C/C(=O)O[C@H]1CO[C@H]2[C@@H]1OC[C@@H]2O. The van der Waals surface area contributed by atoms with E-state index in [4.69, 9.17) is 106 Å². The third-order valence-electron chi connectivity index (χ3n) is 13.8. The summed E-state index contributed by atoms with van der Waals surface area (Å²) in [6.45, 7) is 11.0. The van der Waals surface area contributed by atoms with E-state index in [0.29, 0.717) is 18.2 Å². The predicted octanol–water partition coefficient (Wildman–Crippen LogP) is -3.36. The van der Waals surface area contributed by atoms with Gasteiger partial charge >= 0.3 is 53.7 Å². The molecule has 0 aromatic carbocycles. The smallest absolute Gasteiger partial charge is 0.331 e. The topological polar surface area (TPSA) is 504 Å². The second-order valence-electron chi connectivity index (χ2n) is 20.6. The molecular formula is C57H68O35. The van der Waals surface area contributed by atoms with Crippen molar-refractivity contribution in [2.24, 2.45) is 0 Å². The molecular weight excluding hydrogens is 1240 g/mol. The van der Waals surface area contributed by atoms with E-state index in [1.54, 1.807) is 0 Å². The Labute approximate surface area is 520 Å². The maximum absolute atomic E-state index is 11.6. The Bertz CT molecular complexity index is 2530. The van der Waals surface area contributed by atoms with Crippen molar-refractivity contribution in [3.63, 3.8) is 0 Å². The van der Waals surface area contributed by atoms with Gasteiger partial charge in [0.1, 0.15) is 103 Å². The zero-order chi connectivity index (χ0) is 67.3. The summed E-state index contributed by atoms with van der Waals surface area (Å²) >= 11 is 0. The molecule has 35 nitrogen and oxygen atoms in total. The van der Waals surface area contributed by atoms with Crippen LogP contribution in [0.3, 0.4) is 0 Å². The molecule has 20 atom stereocenters. The van der Waals surface area contributed by atoms with Crippen LogP contribution in [0.4, 0.5) is 0 Å². The number of aliphatic hydroxyl groups excluding tert-OH is 7. The summed E-state index contributed by atoms with van der Waals surface area (Å²) < 4.78 is 83.3. The fourth-order valence-electron chi connectivity index (χ4n) is 9.85. The quantitative estimate of drug-likeness (QED) is 0.0211. The number of carboxylic acid groups (broad SMARTS) is 3. The molecule has 10 saturated heterocycles. The zero-order valence-corrected chi connectivity index (χ0v) is 48.3. The van der Waals surface area contributed by atoms with Gasteiger partial charge in [-0.25, -0.2) is 43.2 Å². The Hall–Kier alpha value is -8.27. The van der Waals surface area contributed by atoms with Crippen molar-refractivity contribution >= 4 is 53.7 Å².